The van der Waals surface area contributed by atoms with Crippen molar-refractivity contribution in [3.05, 3.63) is 41.5 Å². The van der Waals surface area contributed by atoms with Crippen molar-refractivity contribution in [2.24, 2.45) is 4.99 Å². The summed E-state index contributed by atoms with van der Waals surface area (Å²) in [6.07, 6.45) is 1.49. The molecule has 0 aliphatic rings. The normalized spacial score (nSPS) is 9.90. The minimum absolute atomic E-state index is 0.277. The van der Waals surface area contributed by atoms with E-state index >= 15 is 0 Å². The van der Waals surface area contributed by atoms with Crippen molar-refractivity contribution in [1.29, 1.82) is 0 Å². The molecule has 0 amide bonds. The van der Waals surface area contributed by atoms with Gasteiger partial charge in [-0.05, 0) is 25.0 Å². The summed E-state index contributed by atoms with van der Waals surface area (Å²) in [5, 5.41) is 0.342. The first-order valence-corrected chi connectivity index (χ1v) is 6.94. The Kier molecular flexibility index (Phi) is 4.45. The van der Waals surface area contributed by atoms with Crippen LogP contribution in [0.2, 0.25) is 0 Å². The number of isocyanates is 1. The largest absolute Gasteiger partial charge is 0.462 e. The number of hydrogen-bond donors (Lipinski definition) is 0. The van der Waals surface area contributed by atoms with Crippen LogP contribution >= 0.6 is 11.3 Å². The van der Waals surface area contributed by atoms with Crippen LogP contribution in [0, 0.1) is 6.92 Å². The SMILES string of the molecule is CCOC(=O)c1c(N=C=O)sc(-c2ccccc2)c1C. The van der Waals surface area contributed by atoms with Crippen LogP contribution < -0.4 is 0 Å². The standard InChI is InChI=1S/C15H13NO3S/c1-3-19-15(18)12-10(2)13(20-14(12)16-9-17)11-7-5-4-6-8-11/h4-8H,3H2,1-2H3. The van der Waals surface area contributed by atoms with Gasteiger partial charge in [0.15, 0.2) is 0 Å². The minimum atomic E-state index is -0.461. The molecule has 0 aliphatic carbocycles. The van der Waals surface area contributed by atoms with E-state index < -0.39 is 5.97 Å². The van der Waals surface area contributed by atoms with Gasteiger partial charge in [-0.1, -0.05) is 30.3 Å². The maximum absolute atomic E-state index is 12.0. The molecule has 1 aromatic heterocycles. The molecule has 0 fully saturated rings. The number of nitrogens with zero attached hydrogens (tertiary/aromatic N) is 1. The highest BCUT2D eigenvalue weighted by molar-refractivity contribution is 7.19. The molecule has 1 heterocycles. The summed E-state index contributed by atoms with van der Waals surface area (Å²) < 4.78 is 5.02. The Bertz CT molecular complexity index is 670. The molecular formula is C15H13NO3S. The molecule has 0 radical (unpaired) electrons. The van der Waals surface area contributed by atoms with Crippen LogP contribution in [0.1, 0.15) is 22.8 Å². The Morgan fingerprint density at radius 3 is 2.65 bits per heavy atom. The minimum Gasteiger partial charge on any atom is -0.462 e. The second-order valence-electron chi connectivity index (χ2n) is 4.03. The second kappa shape index (κ2) is 6.28. The molecule has 0 N–H and O–H groups in total. The number of hydrogen-bond acceptors (Lipinski definition) is 5. The van der Waals surface area contributed by atoms with Gasteiger partial charge < -0.3 is 4.74 Å². The van der Waals surface area contributed by atoms with Crippen LogP contribution in [-0.4, -0.2) is 18.7 Å². The summed E-state index contributed by atoms with van der Waals surface area (Å²) in [5.74, 6) is -0.461. The summed E-state index contributed by atoms with van der Waals surface area (Å²) in [7, 11) is 0. The Morgan fingerprint density at radius 1 is 1.35 bits per heavy atom. The summed E-state index contributed by atoms with van der Waals surface area (Å²) in [5.41, 5.74) is 2.10. The lowest BCUT2D eigenvalue weighted by Crippen LogP contribution is -2.05. The highest BCUT2D eigenvalue weighted by Crippen LogP contribution is 2.41. The van der Waals surface area contributed by atoms with E-state index in [2.05, 4.69) is 4.99 Å². The molecule has 0 unspecified atom stereocenters. The van der Waals surface area contributed by atoms with Crippen molar-refractivity contribution in [3.63, 3.8) is 0 Å². The van der Waals surface area contributed by atoms with Gasteiger partial charge in [-0.15, -0.1) is 11.3 Å². The van der Waals surface area contributed by atoms with Gasteiger partial charge in [0.1, 0.15) is 10.6 Å². The average molecular weight is 287 g/mol. The maximum atomic E-state index is 12.0. The first-order valence-electron chi connectivity index (χ1n) is 6.12. The van der Waals surface area contributed by atoms with Gasteiger partial charge in [0, 0.05) is 4.88 Å². The van der Waals surface area contributed by atoms with Crippen molar-refractivity contribution < 1.29 is 14.3 Å². The molecule has 1 aromatic carbocycles. The molecule has 0 bridgehead atoms. The van der Waals surface area contributed by atoms with Gasteiger partial charge in [0.2, 0.25) is 6.08 Å². The van der Waals surface area contributed by atoms with Crippen molar-refractivity contribution >= 4 is 28.4 Å². The number of thiophene rings is 1. The molecule has 4 nitrogen and oxygen atoms in total. The fourth-order valence-corrected chi connectivity index (χ4v) is 3.05. The first-order chi connectivity index (χ1) is 9.69. The fraction of sp³-hybridized carbons (Fsp3) is 0.200. The molecule has 0 saturated carbocycles. The van der Waals surface area contributed by atoms with Crippen LogP contribution in [0.3, 0.4) is 0 Å². The highest BCUT2D eigenvalue weighted by atomic mass is 32.1. The molecule has 2 aromatic rings. The van der Waals surface area contributed by atoms with Crippen molar-refractivity contribution in [2.75, 3.05) is 6.61 Å². The topological polar surface area (TPSA) is 55.7 Å². The molecule has 5 heteroatoms. The van der Waals surface area contributed by atoms with Gasteiger partial charge in [0.25, 0.3) is 0 Å². The summed E-state index contributed by atoms with van der Waals surface area (Å²) in [4.78, 5) is 27.1. The molecule has 0 aliphatic heterocycles. The summed E-state index contributed by atoms with van der Waals surface area (Å²) in [6.45, 7) is 3.84. The quantitative estimate of drug-likeness (QED) is 0.487. The van der Waals surface area contributed by atoms with E-state index in [4.69, 9.17) is 4.74 Å². The number of rotatable bonds is 4. The predicted molar refractivity (Wildman–Crippen MR) is 78.2 cm³/mol. The molecule has 20 heavy (non-hydrogen) atoms. The van der Waals surface area contributed by atoms with Gasteiger partial charge in [-0.3, -0.25) is 0 Å². The third-order valence-corrected chi connectivity index (χ3v) is 4.03. The van der Waals surface area contributed by atoms with Crippen molar-refractivity contribution in [2.45, 2.75) is 13.8 Å². The predicted octanol–water partition coefficient (Wildman–Crippen LogP) is 3.87. The number of esters is 1. The third kappa shape index (κ3) is 2.69. The fourth-order valence-electron chi connectivity index (χ4n) is 1.93. The zero-order valence-electron chi connectivity index (χ0n) is 11.2. The highest BCUT2D eigenvalue weighted by Gasteiger charge is 2.22. The average Bonchev–Trinajstić information content (AvgIpc) is 2.77. The van der Waals surface area contributed by atoms with Crippen LogP contribution in [0.25, 0.3) is 10.4 Å². The van der Waals surface area contributed by atoms with E-state index in [9.17, 15) is 9.59 Å². The van der Waals surface area contributed by atoms with E-state index in [0.717, 1.165) is 16.0 Å². The third-order valence-electron chi connectivity index (χ3n) is 2.79. The van der Waals surface area contributed by atoms with E-state index in [-0.39, 0.29) is 6.61 Å². The zero-order chi connectivity index (χ0) is 14.5. The molecule has 2 rings (SSSR count). The number of carbonyl (C=O) groups is 1. The summed E-state index contributed by atoms with van der Waals surface area (Å²) in [6, 6.07) is 9.65. The monoisotopic (exact) mass is 287 g/mol. The number of benzene rings is 1. The molecule has 0 saturated heterocycles. The van der Waals surface area contributed by atoms with Gasteiger partial charge >= 0.3 is 5.97 Å². The smallest absolute Gasteiger partial charge is 0.341 e. The van der Waals surface area contributed by atoms with E-state index in [1.165, 1.54) is 17.4 Å². The van der Waals surface area contributed by atoms with Gasteiger partial charge in [0.05, 0.1) is 6.61 Å². The number of aliphatic imine (C=N–C) groups is 1. The molecular weight excluding hydrogens is 274 g/mol. The van der Waals surface area contributed by atoms with Crippen LogP contribution in [0.15, 0.2) is 35.3 Å². The number of ether oxygens (including phenoxy) is 1. The van der Waals surface area contributed by atoms with Crippen molar-refractivity contribution in [3.8, 4) is 10.4 Å². The molecule has 0 atom stereocenters. The van der Waals surface area contributed by atoms with Crippen LogP contribution in [0.4, 0.5) is 5.00 Å². The van der Waals surface area contributed by atoms with E-state index in [1.807, 2.05) is 37.3 Å². The van der Waals surface area contributed by atoms with Crippen LogP contribution in [-0.2, 0) is 9.53 Å². The van der Waals surface area contributed by atoms with Gasteiger partial charge in [-0.25, -0.2) is 9.59 Å². The Balaban J connectivity index is 2.59. The lowest BCUT2D eigenvalue weighted by Gasteiger charge is -2.02. The zero-order valence-corrected chi connectivity index (χ0v) is 12.0. The van der Waals surface area contributed by atoms with Crippen molar-refractivity contribution in [1.82, 2.24) is 0 Å². The molecule has 102 valence electrons. The van der Waals surface area contributed by atoms with E-state index in [1.54, 1.807) is 6.92 Å². The second-order valence-corrected chi connectivity index (χ2v) is 5.02. The Morgan fingerprint density at radius 2 is 2.05 bits per heavy atom. The Labute approximate surface area is 120 Å². The van der Waals surface area contributed by atoms with E-state index in [0.29, 0.717) is 10.6 Å². The molecule has 0 spiro atoms. The lowest BCUT2D eigenvalue weighted by atomic mass is 10.1. The first kappa shape index (κ1) is 14.2. The summed E-state index contributed by atoms with van der Waals surface area (Å²) >= 11 is 1.29. The van der Waals surface area contributed by atoms with Crippen LogP contribution in [0.5, 0.6) is 0 Å². The maximum Gasteiger partial charge on any atom is 0.341 e. The number of carbonyl (C=O) groups excluding carboxylic acids is 2. The van der Waals surface area contributed by atoms with Gasteiger partial charge in [-0.2, -0.15) is 4.99 Å². The lowest BCUT2D eigenvalue weighted by molar-refractivity contribution is 0.0527. The Hall–Kier alpha value is -2.23.